The molecule has 1 saturated heterocycles. The topological polar surface area (TPSA) is 37.4 Å². The molecule has 1 aromatic carbocycles. The first-order valence-electron chi connectivity index (χ1n) is 7.46. The van der Waals surface area contributed by atoms with Crippen LogP contribution in [0.15, 0.2) is 40.9 Å². The second kappa shape index (κ2) is 3.67. The van der Waals surface area contributed by atoms with E-state index in [0.29, 0.717) is 5.69 Å². The minimum atomic E-state index is -0.123. The number of amides is 2. The number of imide groups is 1. The minimum Gasteiger partial charge on any atom is -0.274 e. The van der Waals surface area contributed by atoms with Crippen LogP contribution in [0.5, 0.6) is 0 Å². The quantitative estimate of drug-likeness (QED) is 0.580. The highest BCUT2D eigenvalue weighted by atomic mass is 79.9. The van der Waals surface area contributed by atoms with Gasteiger partial charge < -0.3 is 0 Å². The molecule has 0 aromatic heterocycles. The molecule has 1 aromatic rings. The molecule has 3 aliphatic carbocycles. The molecule has 0 radical (unpaired) electrons. The summed E-state index contributed by atoms with van der Waals surface area (Å²) in [6.45, 7) is 0. The standard InChI is InChI=1S/C17H14BrNO2/c18-11-3-1-2-4-12(11)19-15(20)13-9-5-6-10(14(13)16(19)21)17(9)7-8-17/h1-6,9-10,13-14H,7-8H2/t9-,10+,13-,14+. The minimum absolute atomic E-state index is 0.0000231. The third kappa shape index (κ3) is 1.26. The van der Waals surface area contributed by atoms with E-state index in [1.54, 1.807) is 0 Å². The van der Waals surface area contributed by atoms with Gasteiger partial charge in [0.2, 0.25) is 11.8 Å². The molecule has 3 nitrogen and oxygen atoms in total. The molecule has 1 heterocycles. The van der Waals surface area contributed by atoms with Crippen LogP contribution in [-0.2, 0) is 9.59 Å². The van der Waals surface area contributed by atoms with Gasteiger partial charge in [-0.3, -0.25) is 9.59 Å². The number of fused-ring (bicyclic) bond motifs is 3. The van der Waals surface area contributed by atoms with E-state index in [0.717, 1.165) is 4.47 Å². The number of allylic oxidation sites excluding steroid dienone is 2. The van der Waals surface area contributed by atoms with Gasteiger partial charge in [0.15, 0.2) is 0 Å². The normalized spacial score (nSPS) is 37.7. The van der Waals surface area contributed by atoms with Gasteiger partial charge in [0.25, 0.3) is 0 Å². The highest BCUT2D eigenvalue weighted by molar-refractivity contribution is 9.10. The van der Waals surface area contributed by atoms with Crippen molar-refractivity contribution in [1.82, 2.24) is 0 Å². The Kier molecular flexibility index (Phi) is 2.12. The van der Waals surface area contributed by atoms with Gasteiger partial charge in [-0.05, 0) is 58.2 Å². The summed E-state index contributed by atoms with van der Waals surface area (Å²) >= 11 is 3.46. The lowest BCUT2D eigenvalue weighted by Gasteiger charge is -2.22. The fourth-order valence-electron chi connectivity index (χ4n) is 4.95. The number of para-hydroxylation sites is 1. The van der Waals surface area contributed by atoms with Crippen molar-refractivity contribution in [3.63, 3.8) is 0 Å². The largest absolute Gasteiger partial charge is 0.274 e. The maximum atomic E-state index is 12.9. The molecular weight excluding hydrogens is 330 g/mol. The van der Waals surface area contributed by atoms with Crippen LogP contribution in [0.3, 0.4) is 0 Å². The fourth-order valence-corrected chi connectivity index (χ4v) is 5.41. The molecule has 5 rings (SSSR count). The van der Waals surface area contributed by atoms with Crippen molar-refractivity contribution >= 4 is 33.4 Å². The first-order chi connectivity index (χ1) is 10.1. The highest BCUT2D eigenvalue weighted by Crippen LogP contribution is 2.73. The number of rotatable bonds is 1. The van der Waals surface area contributed by atoms with Crippen LogP contribution in [0.4, 0.5) is 5.69 Å². The van der Waals surface area contributed by atoms with Gasteiger partial charge in [0, 0.05) is 4.47 Å². The molecule has 4 atom stereocenters. The Labute approximate surface area is 131 Å². The number of anilines is 1. The monoisotopic (exact) mass is 343 g/mol. The predicted octanol–water partition coefficient (Wildman–Crippen LogP) is 3.15. The average Bonchev–Trinajstić information content (AvgIpc) is 3.07. The summed E-state index contributed by atoms with van der Waals surface area (Å²) < 4.78 is 0.799. The molecule has 106 valence electrons. The van der Waals surface area contributed by atoms with Crippen molar-refractivity contribution < 1.29 is 9.59 Å². The van der Waals surface area contributed by atoms with E-state index in [-0.39, 0.29) is 40.9 Å². The molecular formula is C17H14BrNO2. The number of carbonyl (C=O) groups excluding carboxylic acids is 2. The van der Waals surface area contributed by atoms with E-state index in [1.165, 1.54) is 17.7 Å². The molecule has 3 fully saturated rings. The Morgan fingerprint density at radius 3 is 2.10 bits per heavy atom. The molecule has 2 saturated carbocycles. The first-order valence-corrected chi connectivity index (χ1v) is 8.25. The Morgan fingerprint density at radius 2 is 1.57 bits per heavy atom. The van der Waals surface area contributed by atoms with Crippen molar-refractivity contribution in [1.29, 1.82) is 0 Å². The zero-order chi connectivity index (χ0) is 14.4. The molecule has 4 aliphatic rings. The second-order valence-corrected chi connectivity index (χ2v) is 7.54. The maximum Gasteiger partial charge on any atom is 0.238 e. The van der Waals surface area contributed by atoms with Gasteiger partial charge in [0.05, 0.1) is 17.5 Å². The first kappa shape index (κ1) is 12.2. The maximum absolute atomic E-state index is 12.9. The molecule has 21 heavy (non-hydrogen) atoms. The van der Waals surface area contributed by atoms with Gasteiger partial charge in [-0.15, -0.1) is 0 Å². The summed E-state index contributed by atoms with van der Waals surface area (Å²) in [5, 5.41) is 0. The van der Waals surface area contributed by atoms with Crippen LogP contribution < -0.4 is 4.90 Å². The van der Waals surface area contributed by atoms with Crippen molar-refractivity contribution in [3.8, 4) is 0 Å². The smallest absolute Gasteiger partial charge is 0.238 e. The highest BCUT2D eigenvalue weighted by Gasteiger charge is 2.73. The number of hydrogen-bond acceptors (Lipinski definition) is 2. The number of halogens is 1. The Morgan fingerprint density at radius 1 is 1.00 bits per heavy atom. The van der Waals surface area contributed by atoms with Crippen LogP contribution in [0.1, 0.15) is 12.8 Å². The van der Waals surface area contributed by atoms with E-state index in [2.05, 4.69) is 28.1 Å². The van der Waals surface area contributed by atoms with Crippen LogP contribution in [0, 0.1) is 29.1 Å². The Hall–Kier alpha value is -1.42. The van der Waals surface area contributed by atoms with Crippen LogP contribution >= 0.6 is 15.9 Å². The van der Waals surface area contributed by atoms with Crippen molar-refractivity contribution in [2.75, 3.05) is 4.90 Å². The molecule has 2 bridgehead atoms. The second-order valence-electron chi connectivity index (χ2n) is 6.68. The van der Waals surface area contributed by atoms with E-state index in [4.69, 9.17) is 0 Å². The molecule has 1 aliphatic heterocycles. The van der Waals surface area contributed by atoms with E-state index in [9.17, 15) is 9.59 Å². The third-order valence-electron chi connectivity index (χ3n) is 5.95. The molecule has 0 N–H and O–H groups in total. The Balaban J connectivity index is 1.61. The fraction of sp³-hybridized carbons (Fsp3) is 0.412. The summed E-state index contributed by atoms with van der Waals surface area (Å²) in [6.07, 6.45) is 6.76. The number of nitrogens with zero attached hydrogens (tertiary/aromatic N) is 1. The summed E-state index contributed by atoms with van der Waals surface area (Å²) in [7, 11) is 0. The van der Waals surface area contributed by atoms with Crippen molar-refractivity contribution in [2.24, 2.45) is 29.1 Å². The SMILES string of the molecule is O=C1[C@@H]2[C@H](C(=O)N1c1ccccc1Br)[C@H]1C=C[C@@H]2C12CC2. The molecule has 0 unspecified atom stereocenters. The summed E-state index contributed by atoms with van der Waals surface area (Å²) in [5.41, 5.74) is 0.951. The van der Waals surface area contributed by atoms with E-state index >= 15 is 0 Å². The molecule has 2 amide bonds. The van der Waals surface area contributed by atoms with Crippen LogP contribution in [0.25, 0.3) is 0 Å². The van der Waals surface area contributed by atoms with Crippen LogP contribution in [-0.4, -0.2) is 11.8 Å². The van der Waals surface area contributed by atoms with Gasteiger partial charge in [0.1, 0.15) is 0 Å². The summed E-state index contributed by atoms with van der Waals surface area (Å²) in [5.74, 6) is 0.331. The van der Waals surface area contributed by atoms with Gasteiger partial charge in [-0.1, -0.05) is 24.3 Å². The summed E-state index contributed by atoms with van der Waals surface area (Å²) in [4.78, 5) is 27.2. The van der Waals surface area contributed by atoms with Crippen molar-refractivity contribution in [2.45, 2.75) is 12.8 Å². The van der Waals surface area contributed by atoms with Crippen LogP contribution in [0.2, 0.25) is 0 Å². The van der Waals surface area contributed by atoms with Crippen molar-refractivity contribution in [3.05, 3.63) is 40.9 Å². The van der Waals surface area contributed by atoms with E-state index < -0.39 is 0 Å². The number of hydrogen-bond donors (Lipinski definition) is 0. The molecule has 4 heteroatoms. The molecule has 1 spiro atoms. The average molecular weight is 344 g/mol. The Bertz CT molecular complexity index is 687. The van der Waals surface area contributed by atoms with Gasteiger partial charge >= 0.3 is 0 Å². The number of benzene rings is 1. The zero-order valence-electron chi connectivity index (χ0n) is 11.3. The van der Waals surface area contributed by atoms with Gasteiger partial charge in [-0.25, -0.2) is 4.90 Å². The van der Waals surface area contributed by atoms with E-state index in [1.807, 2.05) is 24.3 Å². The summed E-state index contributed by atoms with van der Waals surface area (Å²) in [6, 6.07) is 7.47. The lowest BCUT2D eigenvalue weighted by atomic mass is 9.85. The third-order valence-corrected chi connectivity index (χ3v) is 6.62. The van der Waals surface area contributed by atoms with Gasteiger partial charge in [-0.2, -0.15) is 0 Å². The lowest BCUT2D eigenvalue weighted by molar-refractivity contribution is -0.123. The lowest BCUT2D eigenvalue weighted by Crippen LogP contribution is -2.34. The predicted molar refractivity (Wildman–Crippen MR) is 81.4 cm³/mol. The number of carbonyl (C=O) groups is 2. The zero-order valence-corrected chi connectivity index (χ0v) is 12.9.